The van der Waals surface area contributed by atoms with E-state index in [4.69, 9.17) is 11.6 Å². The summed E-state index contributed by atoms with van der Waals surface area (Å²) >= 11 is 5.79. The second-order valence-corrected chi connectivity index (χ2v) is 5.97. The molecule has 0 atom stereocenters. The van der Waals surface area contributed by atoms with E-state index in [0.29, 0.717) is 5.69 Å². The van der Waals surface area contributed by atoms with Gasteiger partial charge >= 0.3 is 0 Å². The smallest absolute Gasteiger partial charge is 0.270 e. The summed E-state index contributed by atoms with van der Waals surface area (Å²) in [6.07, 6.45) is 0. The van der Waals surface area contributed by atoms with Crippen molar-refractivity contribution >= 4 is 33.1 Å². The summed E-state index contributed by atoms with van der Waals surface area (Å²) in [6.45, 7) is 1.70. The third-order valence-corrected chi connectivity index (χ3v) is 4.20. The number of H-pyrrole nitrogens is 1. The summed E-state index contributed by atoms with van der Waals surface area (Å²) in [6, 6.07) is 4.65. The summed E-state index contributed by atoms with van der Waals surface area (Å²) in [5.74, 6) is 0.0741. The maximum absolute atomic E-state index is 12.1. The third kappa shape index (κ3) is 2.89. The summed E-state index contributed by atoms with van der Waals surface area (Å²) in [4.78, 5) is 9.60. The normalized spacial score (nSPS) is 11.3. The number of benzene rings is 1. The van der Waals surface area contributed by atoms with Gasteiger partial charge < -0.3 is 0 Å². The highest BCUT2D eigenvalue weighted by atomic mass is 35.5. The number of anilines is 1. The van der Waals surface area contributed by atoms with Gasteiger partial charge in [-0.1, -0.05) is 11.6 Å². The number of aromatic amines is 1. The molecule has 8 nitrogen and oxygen atoms in total. The van der Waals surface area contributed by atoms with Crippen molar-refractivity contribution < 1.29 is 13.3 Å². The summed E-state index contributed by atoms with van der Waals surface area (Å²) < 4.78 is 26.5. The first-order chi connectivity index (χ1) is 9.29. The van der Waals surface area contributed by atoms with Crippen molar-refractivity contribution in [2.75, 3.05) is 4.72 Å². The van der Waals surface area contributed by atoms with Gasteiger partial charge in [0.15, 0.2) is 5.82 Å². The largest absolute Gasteiger partial charge is 0.281 e. The molecule has 0 bridgehead atoms. The Kier molecular flexibility index (Phi) is 3.64. The van der Waals surface area contributed by atoms with Crippen LogP contribution in [0.4, 0.5) is 11.5 Å². The molecule has 1 aromatic heterocycles. The number of aromatic nitrogens is 2. The van der Waals surface area contributed by atoms with Crippen LogP contribution in [-0.4, -0.2) is 23.5 Å². The Labute approximate surface area is 119 Å². The van der Waals surface area contributed by atoms with Crippen molar-refractivity contribution in [1.82, 2.24) is 10.2 Å². The second kappa shape index (κ2) is 5.10. The molecule has 0 aliphatic carbocycles. The lowest BCUT2D eigenvalue weighted by Crippen LogP contribution is -2.14. The van der Waals surface area contributed by atoms with Crippen LogP contribution in [0.15, 0.2) is 29.2 Å². The number of rotatable bonds is 4. The maximum Gasteiger partial charge on any atom is 0.270 e. The Morgan fingerprint density at radius 2 is 2.10 bits per heavy atom. The molecule has 0 saturated heterocycles. The molecule has 2 N–H and O–H groups in total. The third-order valence-electron chi connectivity index (χ3n) is 2.36. The van der Waals surface area contributed by atoms with Crippen molar-refractivity contribution in [1.29, 1.82) is 0 Å². The lowest BCUT2D eigenvalue weighted by atomic mass is 10.3. The Hall–Kier alpha value is -2.13. The minimum absolute atomic E-state index is 0.0741. The highest BCUT2D eigenvalue weighted by Gasteiger charge is 2.22. The number of hydrogen-bond acceptors (Lipinski definition) is 5. The molecule has 0 aliphatic rings. The van der Waals surface area contributed by atoms with Crippen molar-refractivity contribution in [2.24, 2.45) is 0 Å². The molecule has 0 saturated carbocycles. The number of sulfonamides is 1. The van der Waals surface area contributed by atoms with Crippen LogP contribution < -0.4 is 4.72 Å². The fraction of sp³-hybridized carbons (Fsp3) is 0.100. The lowest BCUT2D eigenvalue weighted by Gasteiger charge is -2.06. The van der Waals surface area contributed by atoms with Crippen LogP contribution in [-0.2, 0) is 10.0 Å². The number of nitro groups is 1. The minimum atomic E-state index is -4.06. The van der Waals surface area contributed by atoms with E-state index < -0.39 is 14.9 Å². The summed E-state index contributed by atoms with van der Waals surface area (Å²) in [5, 5.41) is 16.9. The molecule has 0 radical (unpaired) electrons. The summed E-state index contributed by atoms with van der Waals surface area (Å²) in [5.41, 5.74) is 0.292. The van der Waals surface area contributed by atoms with Gasteiger partial charge in [0.1, 0.15) is 4.90 Å². The maximum atomic E-state index is 12.1. The number of non-ortho nitro benzene ring substituents is 1. The second-order valence-electron chi connectivity index (χ2n) is 3.91. The molecule has 0 amide bonds. The molecule has 1 aromatic carbocycles. The topological polar surface area (TPSA) is 118 Å². The van der Waals surface area contributed by atoms with Gasteiger partial charge in [-0.05, 0) is 13.0 Å². The van der Waals surface area contributed by atoms with Gasteiger partial charge in [-0.2, -0.15) is 5.10 Å². The van der Waals surface area contributed by atoms with Gasteiger partial charge in [-0.25, -0.2) is 8.42 Å². The van der Waals surface area contributed by atoms with Crippen molar-refractivity contribution in [3.05, 3.63) is 45.1 Å². The molecular formula is C10H9ClN4O4S. The molecule has 20 heavy (non-hydrogen) atoms. The number of halogens is 1. The van der Waals surface area contributed by atoms with Crippen molar-refractivity contribution in [2.45, 2.75) is 11.8 Å². The zero-order valence-corrected chi connectivity index (χ0v) is 11.7. The first-order valence-corrected chi connectivity index (χ1v) is 7.14. The van der Waals surface area contributed by atoms with Crippen LogP contribution in [0.1, 0.15) is 5.69 Å². The van der Waals surface area contributed by atoms with E-state index in [1.54, 1.807) is 6.92 Å². The van der Waals surface area contributed by atoms with Crippen LogP contribution in [0.2, 0.25) is 5.02 Å². The number of hydrogen-bond donors (Lipinski definition) is 2. The Morgan fingerprint density at radius 3 is 2.65 bits per heavy atom. The lowest BCUT2D eigenvalue weighted by molar-refractivity contribution is -0.385. The van der Waals surface area contributed by atoms with E-state index in [1.807, 2.05) is 0 Å². The number of nitro benzene ring substituents is 1. The Balaban J connectivity index is 2.43. The molecule has 2 aromatic rings. The molecule has 1 heterocycles. The van der Waals surface area contributed by atoms with Crippen molar-refractivity contribution in [3.8, 4) is 0 Å². The SMILES string of the molecule is Cc1cc(NS(=O)(=O)c2cc([N+](=O)[O-])ccc2Cl)n[nH]1. The van der Waals surface area contributed by atoms with Gasteiger partial charge in [0.25, 0.3) is 15.7 Å². The highest BCUT2D eigenvalue weighted by molar-refractivity contribution is 7.92. The highest BCUT2D eigenvalue weighted by Crippen LogP contribution is 2.27. The molecule has 106 valence electrons. The first kappa shape index (κ1) is 14.3. The van der Waals surface area contributed by atoms with Crippen LogP contribution in [0, 0.1) is 17.0 Å². The predicted octanol–water partition coefficient (Wildman–Crippen LogP) is 2.08. The number of nitrogens with one attached hydrogen (secondary N) is 2. The van der Waals surface area contributed by atoms with E-state index in [9.17, 15) is 18.5 Å². The molecule has 0 spiro atoms. The van der Waals surface area contributed by atoms with Crippen molar-refractivity contribution in [3.63, 3.8) is 0 Å². The van der Waals surface area contributed by atoms with Gasteiger partial charge in [0, 0.05) is 23.9 Å². The van der Waals surface area contributed by atoms with Crippen LogP contribution in [0.3, 0.4) is 0 Å². The molecule has 10 heteroatoms. The molecular weight excluding hydrogens is 308 g/mol. The van der Waals surface area contributed by atoms with E-state index in [1.165, 1.54) is 6.07 Å². The van der Waals surface area contributed by atoms with Gasteiger partial charge in [-0.3, -0.25) is 19.9 Å². The van der Waals surface area contributed by atoms with Crippen LogP contribution in [0.5, 0.6) is 0 Å². The standard InChI is InChI=1S/C10H9ClN4O4S/c1-6-4-10(13-12-6)14-20(18,19)9-5-7(15(16)17)2-3-8(9)11/h2-5H,1H3,(H2,12,13,14). The first-order valence-electron chi connectivity index (χ1n) is 5.28. The van der Waals surface area contributed by atoms with Crippen LogP contribution in [0.25, 0.3) is 0 Å². The van der Waals surface area contributed by atoms with E-state index in [-0.39, 0.29) is 21.4 Å². The zero-order chi connectivity index (χ0) is 14.9. The predicted molar refractivity (Wildman–Crippen MR) is 72.2 cm³/mol. The molecule has 0 fully saturated rings. The quantitative estimate of drug-likeness (QED) is 0.661. The number of nitrogens with zero attached hydrogens (tertiary/aromatic N) is 2. The Bertz CT molecular complexity index is 771. The Morgan fingerprint density at radius 1 is 1.40 bits per heavy atom. The van der Waals surface area contributed by atoms with E-state index >= 15 is 0 Å². The minimum Gasteiger partial charge on any atom is -0.281 e. The van der Waals surface area contributed by atoms with E-state index in [2.05, 4.69) is 14.9 Å². The fourth-order valence-corrected chi connectivity index (χ4v) is 2.99. The van der Waals surface area contributed by atoms with Gasteiger partial charge in [0.05, 0.1) is 9.95 Å². The zero-order valence-electron chi connectivity index (χ0n) is 10.1. The average Bonchev–Trinajstić information content (AvgIpc) is 2.73. The molecule has 2 rings (SSSR count). The number of aryl methyl sites for hydroxylation is 1. The average molecular weight is 317 g/mol. The van der Waals surface area contributed by atoms with Gasteiger partial charge in [-0.15, -0.1) is 0 Å². The molecule has 0 unspecified atom stereocenters. The van der Waals surface area contributed by atoms with Crippen LogP contribution >= 0.6 is 11.6 Å². The van der Waals surface area contributed by atoms with Gasteiger partial charge in [0.2, 0.25) is 0 Å². The molecule has 0 aliphatic heterocycles. The summed E-state index contributed by atoms with van der Waals surface area (Å²) in [7, 11) is -4.06. The monoisotopic (exact) mass is 316 g/mol. The fourth-order valence-electron chi connectivity index (χ4n) is 1.47. The van der Waals surface area contributed by atoms with E-state index in [0.717, 1.165) is 18.2 Å².